The fourth-order valence-electron chi connectivity index (χ4n) is 3.75. The van der Waals surface area contributed by atoms with Gasteiger partial charge < -0.3 is 26.0 Å². The molecule has 0 aromatic heterocycles. The third-order valence-electron chi connectivity index (χ3n) is 5.78. The largest absolute Gasteiger partial charge is 0.444 e. The van der Waals surface area contributed by atoms with Crippen LogP contribution in [0.2, 0.25) is 0 Å². The molecule has 1 rings (SSSR count). The van der Waals surface area contributed by atoms with E-state index in [4.69, 9.17) is 10.5 Å². The molecule has 36 heavy (non-hydrogen) atoms. The minimum Gasteiger partial charge on any atom is -0.444 e. The van der Waals surface area contributed by atoms with Gasteiger partial charge in [-0.3, -0.25) is 14.4 Å². The Balaban J connectivity index is 3.34. The lowest BCUT2D eigenvalue weighted by atomic mass is 9.98. The number of amides is 4. The first-order valence-corrected chi connectivity index (χ1v) is 12.7. The van der Waals surface area contributed by atoms with Crippen LogP contribution in [0.25, 0.3) is 0 Å². The van der Waals surface area contributed by atoms with E-state index in [0.717, 1.165) is 30.4 Å². The Morgan fingerprint density at radius 2 is 1.72 bits per heavy atom. The summed E-state index contributed by atoms with van der Waals surface area (Å²) < 4.78 is 5.32. The molecule has 9 heteroatoms. The van der Waals surface area contributed by atoms with Crippen LogP contribution in [0.3, 0.4) is 0 Å². The summed E-state index contributed by atoms with van der Waals surface area (Å²) in [6.07, 6.45) is 1.94. The summed E-state index contributed by atoms with van der Waals surface area (Å²) in [5.74, 6) is -1.38. The molecule has 0 heterocycles. The maximum Gasteiger partial charge on any atom is 0.408 e. The van der Waals surface area contributed by atoms with Crippen LogP contribution in [0.4, 0.5) is 4.79 Å². The second-order valence-electron chi connectivity index (χ2n) is 10.1. The van der Waals surface area contributed by atoms with Gasteiger partial charge in [-0.25, -0.2) is 4.79 Å². The standard InChI is InChI=1S/C27H44N4O5/c1-8-10-11-16-29-24(33)23(20-13-12-18(3)19(4)17-20)31(9-2)25(34)21(14-15-22(28)32)30-26(35)36-27(5,6)7/h12-13,17,21,23H,8-11,14-16H2,1-7H3,(H2,28,32)(H,29,33)(H,30,35). The predicted molar refractivity (Wildman–Crippen MR) is 140 cm³/mol. The van der Waals surface area contributed by atoms with Crippen LogP contribution in [0, 0.1) is 13.8 Å². The zero-order valence-electron chi connectivity index (χ0n) is 22.9. The van der Waals surface area contributed by atoms with Crippen molar-refractivity contribution in [2.24, 2.45) is 5.73 Å². The number of carbonyl (C=O) groups excluding carboxylic acids is 4. The molecule has 0 fully saturated rings. The Labute approximate surface area is 215 Å². The number of unbranched alkanes of at least 4 members (excludes halogenated alkanes) is 2. The molecule has 0 saturated heterocycles. The Hall–Kier alpha value is -3.10. The number of nitrogens with one attached hydrogen (secondary N) is 2. The Kier molecular flexibility index (Phi) is 12.4. The third-order valence-corrected chi connectivity index (χ3v) is 5.78. The monoisotopic (exact) mass is 504 g/mol. The third kappa shape index (κ3) is 10.3. The minimum absolute atomic E-state index is 0.0122. The lowest BCUT2D eigenvalue weighted by molar-refractivity contribution is -0.142. The molecule has 1 aromatic rings. The summed E-state index contributed by atoms with van der Waals surface area (Å²) >= 11 is 0. The van der Waals surface area contributed by atoms with Crippen LogP contribution in [-0.2, 0) is 19.1 Å². The molecule has 2 unspecified atom stereocenters. The average Bonchev–Trinajstić information content (AvgIpc) is 2.77. The number of nitrogens with two attached hydrogens (primary N) is 1. The van der Waals surface area contributed by atoms with Gasteiger partial charge in [-0.1, -0.05) is 38.0 Å². The van der Waals surface area contributed by atoms with Gasteiger partial charge in [-0.2, -0.15) is 0 Å². The zero-order valence-corrected chi connectivity index (χ0v) is 22.9. The Bertz CT molecular complexity index is 910. The lowest BCUT2D eigenvalue weighted by Crippen LogP contribution is -2.53. The summed E-state index contributed by atoms with van der Waals surface area (Å²) in [4.78, 5) is 52.6. The van der Waals surface area contributed by atoms with Gasteiger partial charge in [0.2, 0.25) is 17.7 Å². The van der Waals surface area contributed by atoms with E-state index in [9.17, 15) is 19.2 Å². The molecule has 9 nitrogen and oxygen atoms in total. The minimum atomic E-state index is -1.09. The van der Waals surface area contributed by atoms with Crippen molar-refractivity contribution in [1.82, 2.24) is 15.5 Å². The number of primary amides is 1. The highest BCUT2D eigenvalue weighted by Crippen LogP contribution is 2.25. The number of aryl methyl sites for hydroxylation is 2. The van der Waals surface area contributed by atoms with Crippen molar-refractivity contribution in [2.75, 3.05) is 13.1 Å². The van der Waals surface area contributed by atoms with Crippen molar-refractivity contribution < 1.29 is 23.9 Å². The topological polar surface area (TPSA) is 131 Å². The molecule has 0 spiro atoms. The van der Waals surface area contributed by atoms with E-state index in [2.05, 4.69) is 17.6 Å². The van der Waals surface area contributed by atoms with Crippen molar-refractivity contribution >= 4 is 23.8 Å². The number of ether oxygens (including phenoxy) is 1. The van der Waals surface area contributed by atoms with E-state index in [0.29, 0.717) is 12.1 Å². The molecule has 0 aliphatic heterocycles. The first kappa shape index (κ1) is 30.9. The molecule has 202 valence electrons. The molecule has 0 bridgehead atoms. The first-order valence-electron chi connectivity index (χ1n) is 12.7. The fraction of sp³-hybridized carbons (Fsp3) is 0.630. The van der Waals surface area contributed by atoms with Crippen LogP contribution in [0.15, 0.2) is 18.2 Å². The Morgan fingerprint density at radius 3 is 2.25 bits per heavy atom. The van der Waals surface area contributed by atoms with Crippen LogP contribution in [0.1, 0.15) is 89.5 Å². The van der Waals surface area contributed by atoms with Crippen molar-refractivity contribution in [3.63, 3.8) is 0 Å². The summed E-state index contributed by atoms with van der Waals surface area (Å²) in [6, 6.07) is 3.67. The summed E-state index contributed by atoms with van der Waals surface area (Å²) in [5.41, 5.74) is 7.29. The smallest absolute Gasteiger partial charge is 0.408 e. The van der Waals surface area contributed by atoms with E-state index in [1.165, 1.54) is 4.90 Å². The number of nitrogens with zero attached hydrogens (tertiary/aromatic N) is 1. The van der Waals surface area contributed by atoms with Gasteiger partial charge in [0.05, 0.1) is 0 Å². The van der Waals surface area contributed by atoms with Crippen molar-refractivity contribution in [3.8, 4) is 0 Å². The van der Waals surface area contributed by atoms with Gasteiger partial charge in [0.1, 0.15) is 17.7 Å². The maximum atomic E-state index is 13.8. The van der Waals surface area contributed by atoms with Gasteiger partial charge in [0.15, 0.2) is 0 Å². The molecule has 0 radical (unpaired) electrons. The number of hydrogen-bond acceptors (Lipinski definition) is 5. The second kappa shape index (κ2) is 14.5. The van der Waals surface area contributed by atoms with Crippen molar-refractivity contribution in [3.05, 3.63) is 34.9 Å². The van der Waals surface area contributed by atoms with Crippen LogP contribution in [0.5, 0.6) is 0 Å². The molecule has 4 N–H and O–H groups in total. The molecule has 0 saturated carbocycles. The van der Waals surface area contributed by atoms with Gasteiger partial charge in [-0.15, -0.1) is 0 Å². The molecule has 0 aliphatic rings. The highest BCUT2D eigenvalue weighted by molar-refractivity contribution is 5.92. The highest BCUT2D eigenvalue weighted by atomic mass is 16.6. The van der Waals surface area contributed by atoms with Crippen LogP contribution in [-0.4, -0.2) is 53.4 Å². The van der Waals surface area contributed by atoms with Gasteiger partial charge >= 0.3 is 6.09 Å². The highest BCUT2D eigenvalue weighted by Gasteiger charge is 2.35. The van der Waals surface area contributed by atoms with E-state index in [1.807, 2.05) is 32.0 Å². The first-order chi connectivity index (χ1) is 16.8. The summed E-state index contributed by atoms with van der Waals surface area (Å²) in [7, 11) is 0. The van der Waals surface area contributed by atoms with Crippen molar-refractivity contribution in [2.45, 2.75) is 98.3 Å². The van der Waals surface area contributed by atoms with Gasteiger partial charge in [-0.05, 0) is 71.1 Å². The number of benzene rings is 1. The molecule has 2 atom stereocenters. The van der Waals surface area contributed by atoms with Gasteiger partial charge in [0.25, 0.3) is 0 Å². The zero-order chi connectivity index (χ0) is 27.5. The van der Waals surface area contributed by atoms with Crippen LogP contribution < -0.4 is 16.4 Å². The van der Waals surface area contributed by atoms with E-state index in [-0.39, 0.29) is 25.3 Å². The number of carbonyl (C=O) groups is 4. The molecule has 1 aromatic carbocycles. The number of hydrogen-bond donors (Lipinski definition) is 3. The second-order valence-corrected chi connectivity index (χ2v) is 10.1. The van der Waals surface area contributed by atoms with E-state index in [1.54, 1.807) is 27.7 Å². The van der Waals surface area contributed by atoms with Crippen LogP contribution >= 0.6 is 0 Å². The normalized spacial score (nSPS) is 12.9. The fourth-order valence-corrected chi connectivity index (χ4v) is 3.75. The number of likely N-dealkylation sites (N-methyl/N-ethyl adjacent to an activating group) is 1. The number of rotatable bonds is 13. The number of alkyl carbamates (subject to hydrolysis) is 1. The molecular formula is C27H44N4O5. The Morgan fingerprint density at radius 1 is 1.06 bits per heavy atom. The van der Waals surface area contributed by atoms with Gasteiger partial charge in [0, 0.05) is 19.5 Å². The van der Waals surface area contributed by atoms with Crippen molar-refractivity contribution in [1.29, 1.82) is 0 Å². The average molecular weight is 505 g/mol. The quantitative estimate of drug-likeness (QED) is 0.353. The molecule has 0 aliphatic carbocycles. The lowest BCUT2D eigenvalue weighted by Gasteiger charge is -2.34. The summed E-state index contributed by atoms with van der Waals surface area (Å²) in [6.45, 7) is 13.6. The molecular weight excluding hydrogens is 460 g/mol. The maximum absolute atomic E-state index is 13.8. The SMILES string of the molecule is CCCCCNC(=O)C(c1ccc(C)c(C)c1)N(CC)C(=O)C(CCC(N)=O)NC(=O)OC(C)(C)C. The molecule has 4 amide bonds. The predicted octanol–water partition coefficient (Wildman–Crippen LogP) is 3.66. The summed E-state index contributed by atoms with van der Waals surface area (Å²) in [5, 5.41) is 5.54. The van der Waals surface area contributed by atoms with E-state index < -0.39 is 35.6 Å². The van der Waals surface area contributed by atoms with E-state index >= 15 is 0 Å².